The van der Waals surface area contributed by atoms with Crippen molar-refractivity contribution in [3.05, 3.63) is 273 Å². The summed E-state index contributed by atoms with van der Waals surface area (Å²) in [5.41, 5.74) is 19.5. The van der Waals surface area contributed by atoms with Crippen LogP contribution in [0.1, 0.15) is 0 Å². The van der Waals surface area contributed by atoms with E-state index in [0.29, 0.717) is 0 Å². The van der Waals surface area contributed by atoms with Gasteiger partial charge in [0.15, 0.2) is 22.3 Å². The van der Waals surface area contributed by atoms with Crippen LogP contribution >= 0.6 is 0 Å². The number of para-hydroxylation sites is 9. The molecule has 0 aliphatic rings. The van der Waals surface area contributed by atoms with E-state index >= 15 is 0 Å². The van der Waals surface area contributed by atoms with Crippen LogP contribution in [0.25, 0.3) is 148 Å². The zero-order valence-corrected chi connectivity index (χ0v) is 45.5. The summed E-state index contributed by atoms with van der Waals surface area (Å²) in [6.07, 6.45) is 0. The largest absolute Gasteiger partial charge is 0.454 e. The standard InChI is InChI=1S/C78H45N3O4/c1-5-22-46(23-6-1)50-32-17-34-54-56-36-20-40-62(75(56)84-73(50)54)79(48-26-9-3-10-27-48)64-44-60-52-30-13-15-42-66(52)82-77(60)71-68(64)58-38-19-39-59-69-65(45-61-53-31-14-16-43-67(53)83-78(61)72(69)81(71)70(58)59)80(49-28-11-4-12-29-49)63-41-21-37-57-55-35-18-33-51(74(55)85-76(57)63)47-24-7-2-8-25-47/h1-45H. The summed E-state index contributed by atoms with van der Waals surface area (Å²) < 4.78 is 31.6. The molecule has 0 spiro atoms. The normalized spacial score (nSPS) is 12.2. The van der Waals surface area contributed by atoms with Crippen LogP contribution in [-0.4, -0.2) is 4.40 Å². The highest BCUT2D eigenvalue weighted by Crippen LogP contribution is 2.56. The number of fused-ring (bicyclic) bond motifs is 20. The van der Waals surface area contributed by atoms with Gasteiger partial charge in [0, 0.05) is 87.1 Å². The topological polar surface area (TPSA) is 63.5 Å². The number of nitrogens with zero attached hydrogens (tertiary/aromatic N) is 3. The molecule has 6 aromatic heterocycles. The fourth-order valence-electron chi connectivity index (χ4n) is 14.1. The Morgan fingerprint density at radius 3 is 1.04 bits per heavy atom. The molecule has 19 rings (SSSR count). The van der Waals surface area contributed by atoms with E-state index in [-0.39, 0.29) is 0 Å². The first-order chi connectivity index (χ1) is 42.2. The van der Waals surface area contributed by atoms with Crippen LogP contribution in [0.3, 0.4) is 0 Å². The first kappa shape index (κ1) is 46.1. The average molecular weight is 1090 g/mol. The Balaban J connectivity index is 0.968. The number of benzene rings is 13. The van der Waals surface area contributed by atoms with Crippen molar-refractivity contribution in [1.29, 1.82) is 0 Å². The SMILES string of the molecule is c1ccc(-c2cccc3c2oc2c(N(c4ccccc4)c4cc5c6ccccc6oc5c5c4c4cccc6c7c(N(c8ccccc8)c8cccc9c8oc8c(-c%10ccccc%10)cccc89)cc8c9ccccc9oc8c7n5c46)cccc23)cc1. The van der Waals surface area contributed by atoms with E-state index in [1.807, 2.05) is 0 Å². The van der Waals surface area contributed by atoms with Crippen LogP contribution < -0.4 is 9.80 Å². The van der Waals surface area contributed by atoms with Crippen LogP contribution in [0.5, 0.6) is 0 Å². The lowest BCUT2D eigenvalue weighted by Crippen LogP contribution is -2.11. The fourth-order valence-corrected chi connectivity index (χ4v) is 14.1. The zero-order valence-electron chi connectivity index (χ0n) is 45.5. The summed E-state index contributed by atoms with van der Waals surface area (Å²) in [5, 5.41) is 12.4. The Bertz CT molecular complexity index is 5550. The summed E-state index contributed by atoms with van der Waals surface area (Å²) >= 11 is 0. The van der Waals surface area contributed by atoms with Gasteiger partial charge in [-0.25, -0.2) is 0 Å². The van der Waals surface area contributed by atoms with Crippen LogP contribution in [0.2, 0.25) is 0 Å². The molecule has 0 saturated carbocycles. The number of aromatic nitrogens is 1. The second-order valence-corrected chi connectivity index (χ2v) is 22.2. The molecule has 0 bridgehead atoms. The molecule has 13 aromatic carbocycles. The molecule has 7 nitrogen and oxygen atoms in total. The molecule has 6 heterocycles. The molecule has 0 aliphatic heterocycles. The van der Waals surface area contributed by atoms with Gasteiger partial charge < -0.3 is 31.9 Å². The van der Waals surface area contributed by atoms with Gasteiger partial charge in [0.2, 0.25) is 0 Å². The van der Waals surface area contributed by atoms with Gasteiger partial charge in [0.05, 0.1) is 28.3 Å². The molecule has 0 N–H and O–H groups in total. The molecule has 7 heteroatoms. The van der Waals surface area contributed by atoms with E-state index in [1.165, 1.54) is 0 Å². The number of anilines is 6. The number of furan rings is 4. The minimum absolute atomic E-state index is 0.785. The van der Waals surface area contributed by atoms with Crippen LogP contribution in [0.15, 0.2) is 291 Å². The van der Waals surface area contributed by atoms with Crippen LogP contribution in [-0.2, 0) is 0 Å². The number of hydrogen-bond acceptors (Lipinski definition) is 6. The Morgan fingerprint density at radius 1 is 0.235 bits per heavy atom. The van der Waals surface area contributed by atoms with Gasteiger partial charge in [-0.3, -0.25) is 0 Å². The van der Waals surface area contributed by atoms with Crippen molar-refractivity contribution < 1.29 is 17.7 Å². The third kappa shape index (κ3) is 6.43. The maximum atomic E-state index is 7.28. The van der Waals surface area contributed by atoms with Crippen molar-refractivity contribution in [3.8, 4) is 22.3 Å². The lowest BCUT2D eigenvalue weighted by atomic mass is 10.00. The molecular formula is C78H45N3O4. The second-order valence-electron chi connectivity index (χ2n) is 22.2. The second kappa shape index (κ2) is 17.5. The van der Waals surface area contributed by atoms with Gasteiger partial charge >= 0.3 is 0 Å². The van der Waals surface area contributed by atoms with Crippen LogP contribution in [0.4, 0.5) is 34.1 Å². The van der Waals surface area contributed by atoms with Crippen molar-refractivity contribution >= 4 is 160 Å². The highest BCUT2D eigenvalue weighted by Gasteiger charge is 2.33. The Kier molecular flexibility index (Phi) is 9.49. The molecule has 0 amide bonds. The summed E-state index contributed by atoms with van der Waals surface area (Å²) in [4.78, 5) is 4.80. The first-order valence-electron chi connectivity index (χ1n) is 28.8. The maximum absolute atomic E-state index is 7.28. The van der Waals surface area contributed by atoms with Crippen LogP contribution in [0, 0.1) is 0 Å². The maximum Gasteiger partial charge on any atom is 0.160 e. The van der Waals surface area contributed by atoms with Gasteiger partial charge in [0.1, 0.15) is 33.4 Å². The van der Waals surface area contributed by atoms with Crippen molar-refractivity contribution in [2.45, 2.75) is 0 Å². The minimum atomic E-state index is 0.785. The highest BCUT2D eigenvalue weighted by molar-refractivity contribution is 6.36. The van der Waals surface area contributed by atoms with Crippen molar-refractivity contribution in [2.75, 3.05) is 9.80 Å². The monoisotopic (exact) mass is 1090 g/mol. The highest BCUT2D eigenvalue weighted by atomic mass is 16.3. The van der Waals surface area contributed by atoms with Gasteiger partial charge in [-0.2, -0.15) is 0 Å². The average Bonchev–Trinajstić information content (AvgIpc) is 1.61. The van der Waals surface area contributed by atoms with Gasteiger partial charge in [-0.05, 0) is 71.8 Å². The number of hydrogen-bond donors (Lipinski definition) is 0. The third-order valence-corrected chi connectivity index (χ3v) is 17.7. The van der Waals surface area contributed by atoms with Gasteiger partial charge in [-0.15, -0.1) is 0 Å². The Labute approximate surface area is 484 Å². The fraction of sp³-hybridized carbons (Fsp3) is 0. The molecule has 19 aromatic rings. The summed E-state index contributed by atoms with van der Waals surface area (Å²) in [7, 11) is 0. The van der Waals surface area contributed by atoms with Crippen molar-refractivity contribution in [1.82, 2.24) is 4.40 Å². The zero-order chi connectivity index (χ0) is 55.4. The minimum Gasteiger partial charge on any atom is -0.454 e. The molecule has 0 unspecified atom stereocenters. The molecule has 0 fully saturated rings. The number of rotatable bonds is 8. The van der Waals surface area contributed by atoms with Gasteiger partial charge in [-0.1, -0.05) is 212 Å². The molecule has 0 atom stereocenters. The third-order valence-electron chi connectivity index (χ3n) is 17.7. The predicted octanol–water partition coefficient (Wildman–Crippen LogP) is 22.7. The van der Waals surface area contributed by atoms with E-state index in [1.54, 1.807) is 0 Å². The smallest absolute Gasteiger partial charge is 0.160 e. The van der Waals surface area contributed by atoms with E-state index < -0.39 is 0 Å². The van der Waals surface area contributed by atoms with E-state index in [4.69, 9.17) is 17.7 Å². The quantitative estimate of drug-likeness (QED) is 0.151. The summed E-state index contributed by atoms with van der Waals surface area (Å²) in [5.74, 6) is 0. The van der Waals surface area contributed by atoms with E-state index in [9.17, 15) is 0 Å². The Hall–Kier alpha value is -11.5. The summed E-state index contributed by atoms with van der Waals surface area (Å²) in [6.45, 7) is 0. The van der Waals surface area contributed by atoms with E-state index in [0.717, 1.165) is 182 Å². The first-order valence-corrected chi connectivity index (χ1v) is 28.8. The lowest BCUT2D eigenvalue weighted by molar-refractivity contribution is 0.670. The molecule has 396 valence electrons. The summed E-state index contributed by atoms with van der Waals surface area (Å²) in [6, 6.07) is 96.7. The van der Waals surface area contributed by atoms with Gasteiger partial charge in [0.25, 0.3) is 0 Å². The lowest BCUT2D eigenvalue weighted by Gasteiger charge is -2.27. The molecular weight excluding hydrogens is 1040 g/mol. The molecule has 0 radical (unpaired) electrons. The molecule has 0 saturated heterocycles. The van der Waals surface area contributed by atoms with Crippen molar-refractivity contribution in [3.63, 3.8) is 0 Å². The van der Waals surface area contributed by atoms with E-state index in [2.05, 4.69) is 287 Å². The van der Waals surface area contributed by atoms with Crippen molar-refractivity contribution in [2.24, 2.45) is 0 Å². The predicted molar refractivity (Wildman–Crippen MR) is 350 cm³/mol. The molecule has 0 aliphatic carbocycles. The molecule has 85 heavy (non-hydrogen) atoms. The Morgan fingerprint density at radius 2 is 0.588 bits per heavy atom.